The van der Waals surface area contributed by atoms with Crippen LogP contribution in [0, 0.1) is 5.92 Å². The van der Waals surface area contributed by atoms with Crippen molar-refractivity contribution in [2.45, 2.75) is 43.7 Å². The highest BCUT2D eigenvalue weighted by Gasteiger charge is 2.50. The minimum Gasteiger partial charge on any atom is -0.385 e. The summed E-state index contributed by atoms with van der Waals surface area (Å²) in [4.78, 5) is 24.1. The Balaban J connectivity index is 1.42. The first-order chi connectivity index (χ1) is 14.7. The van der Waals surface area contributed by atoms with Crippen LogP contribution in [0.2, 0.25) is 0 Å². The van der Waals surface area contributed by atoms with E-state index in [2.05, 4.69) is 9.97 Å². The number of pyridine rings is 1. The molecule has 0 bridgehead atoms. The minimum absolute atomic E-state index is 0.0152. The first kappa shape index (κ1) is 19.4. The van der Waals surface area contributed by atoms with Crippen molar-refractivity contribution in [1.29, 1.82) is 0 Å². The van der Waals surface area contributed by atoms with Gasteiger partial charge in [0.2, 0.25) is 0 Å². The van der Waals surface area contributed by atoms with Gasteiger partial charge < -0.3 is 10.0 Å². The van der Waals surface area contributed by atoms with Crippen molar-refractivity contribution in [2.24, 2.45) is 5.92 Å². The van der Waals surface area contributed by atoms with Crippen molar-refractivity contribution < 1.29 is 9.90 Å². The molecule has 3 aromatic rings. The molecule has 1 aliphatic heterocycles. The lowest BCUT2D eigenvalue weighted by Crippen LogP contribution is -2.59. The lowest BCUT2D eigenvalue weighted by molar-refractivity contribution is -0.110. The van der Waals surface area contributed by atoms with Crippen molar-refractivity contribution in [3.8, 4) is 10.6 Å². The quantitative estimate of drug-likeness (QED) is 0.679. The number of fused-ring (bicyclic) bond motifs is 1. The van der Waals surface area contributed by atoms with Gasteiger partial charge in [-0.05, 0) is 37.0 Å². The average Bonchev–Trinajstić information content (AvgIpc) is 3.31. The molecule has 1 saturated carbocycles. The Kier molecular flexibility index (Phi) is 5.13. The zero-order valence-electron chi connectivity index (χ0n) is 16.8. The molecule has 3 heterocycles. The molecule has 1 aromatic carbocycles. The van der Waals surface area contributed by atoms with Crippen LogP contribution in [-0.2, 0) is 5.60 Å². The predicted octanol–water partition coefficient (Wildman–Crippen LogP) is 4.50. The van der Waals surface area contributed by atoms with E-state index in [1.807, 2.05) is 52.7 Å². The first-order valence-corrected chi connectivity index (χ1v) is 11.5. The molecule has 1 unspecified atom stereocenters. The lowest BCUT2D eigenvalue weighted by atomic mass is 9.66. The van der Waals surface area contributed by atoms with Gasteiger partial charge in [-0.15, -0.1) is 11.3 Å². The van der Waals surface area contributed by atoms with Crippen molar-refractivity contribution in [3.05, 3.63) is 71.5 Å². The van der Waals surface area contributed by atoms with Crippen LogP contribution in [0.5, 0.6) is 0 Å². The molecule has 30 heavy (non-hydrogen) atoms. The fourth-order valence-electron chi connectivity index (χ4n) is 5.17. The van der Waals surface area contributed by atoms with Crippen LogP contribution in [-0.4, -0.2) is 38.5 Å². The highest BCUT2D eigenvalue weighted by atomic mass is 32.1. The average molecular weight is 420 g/mol. The molecular weight excluding hydrogens is 394 g/mol. The second-order valence-electron chi connectivity index (χ2n) is 8.27. The molecule has 1 N–H and O–H groups in total. The fraction of sp³-hybridized carbons (Fsp3) is 0.375. The molecular formula is C24H25N3O2S. The molecule has 0 radical (unpaired) electrons. The minimum atomic E-state index is -0.868. The standard InChI is InChI=1S/C24H25N3O2S/c28-23(20-16-30-22(26-20)17-10-13-25-14-11-17)27-15-12-24(29,18-6-2-1-3-7-18)19-8-4-5-9-21(19)27/h1-3,6-7,10-11,13-14,16,19,21,29H,4-5,8-9,12,15H2/t19-,21-,24?/m0/s1. The van der Waals surface area contributed by atoms with E-state index in [0.717, 1.165) is 41.8 Å². The third kappa shape index (κ3) is 3.34. The van der Waals surface area contributed by atoms with E-state index >= 15 is 0 Å². The second-order valence-corrected chi connectivity index (χ2v) is 9.13. The van der Waals surface area contributed by atoms with Gasteiger partial charge in [-0.1, -0.05) is 43.2 Å². The molecule has 0 spiro atoms. The zero-order valence-corrected chi connectivity index (χ0v) is 17.6. The Morgan fingerprint density at radius 1 is 1.10 bits per heavy atom. The summed E-state index contributed by atoms with van der Waals surface area (Å²) in [7, 11) is 0. The number of rotatable bonds is 3. The molecule has 5 rings (SSSR count). The first-order valence-electron chi connectivity index (χ1n) is 10.6. The topological polar surface area (TPSA) is 66.3 Å². The maximum atomic E-state index is 13.4. The number of carbonyl (C=O) groups is 1. The zero-order chi connectivity index (χ0) is 20.6. The molecule has 1 saturated heterocycles. The highest BCUT2D eigenvalue weighted by Crippen LogP contribution is 2.47. The SMILES string of the molecule is O=C(c1csc(-c2ccncc2)n1)N1CCC(O)(c2ccccc2)[C@H]2CCCC[C@@H]21. The number of piperidine rings is 1. The van der Waals surface area contributed by atoms with Crippen LogP contribution in [0.15, 0.2) is 60.2 Å². The maximum Gasteiger partial charge on any atom is 0.273 e. The number of likely N-dealkylation sites (tertiary alicyclic amines) is 1. The molecule has 5 nitrogen and oxygen atoms in total. The molecule has 3 atom stereocenters. The normalized spacial score (nSPS) is 26.2. The van der Waals surface area contributed by atoms with Crippen LogP contribution < -0.4 is 0 Å². The van der Waals surface area contributed by atoms with Crippen molar-refractivity contribution in [3.63, 3.8) is 0 Å². The monoisotopic (exact) mass is 419 g/mol. The molecule has 6 heteroatoms. The van der Waals surface area contributed by atoms with Gasteiger partial charge in [0.15, 0.2) is 0 Å². The van der Waals surface area contributed by atoms with Gasteiger partial charge >= 0.3 is 0 Å². The van der Waals surface area contributed by atoms with Crippen molar-refractivity contribution >= 4 is 17.2 Å². The Bertz CT molecular complexity index is 1020. The van der Waals surface area contributed by atoms with E-state index in [0.29, 0.717) is 18.7 Å². The van der Waals surface area contributed by atoms with Crippen LogP contribution >= 0.6 is 11.3 Å². The number of thiazole rings is 1. The Morgan fingerprint density at radius 3 is 2.67 bits per heavy atom. The number of aromatic nitrogens is 2. The summed E-state index contributed by atoms with van der Waals surface area (Å²) >= 11 is 1.49. The van der Waals surface area contributed by atoms with Crippen molar-refractivity contribution in [2.75, 3.05) is 6.54 Å². The molecule has 2 aliphatic rings. The van der Waals surface area contributed by atoms with E-state index in [4.69, 9.17) is 0 Å². The number of benzene rings is 1. The van der Waals surface area contributed by atoms with Gasteiger partial charge in [0.25, 0.3) is 5.91 Å². The Morgan fingerprint density at radius 2 is 1.87 bits per heavy atom. The van der Waals surface area contributed by atoms with Gasteiger partial charge in [-0.2, -0.15) is 0 Å². The van der Waals surface area contributed by atoms with Gasteiger partial charge in [0.05, 0.1) is 5.60 Å². The van der Waals surface area contributed by atoms with Crippen molar-refractivity contribution in [1.82, 2.24) is 14.9 Å². The molecule has 154 valence electrons. The third-order valence-electron chi connectivity index (χ3n) is 6.66. The summed E-state index contributed by atoms with van der Waals surface area (Å²) in [6.45, 7) is 0.549. The van der Waals surface area contributed by atoms with Crippen LogP contribution in [0.1, 0.15) is 48.2 Å². The van der Waals surface area contributed by atoms with E-state index in [9.17, 15) is 9.90 Å². The van der Waals surface area contributed by atoms with Gasteiger partial charge in [-0.25, -0.2) is 4.98 Å². The van der Waals surface area contributed by atoms with E-state index < -0.39 is 5.60 Å². The number of aliphatic hydroxyl groups is 1. The molecule has 1 aliphatic carbocycles. The lowest BCUT2D eigenvalue weighted by Gasteiger charge is -2.52. The highest BCUT2D eigenvalue weighted by molar-refractivity contribution is 7.13. The Hall–Kier alpha value is -2.57. The molecule has 2 fully saturated rings. The third-order valence-corrected chi connectivity index (χ3v) is 7.55. The van der Waals surface area contributed by atoms with Crippen LogP contribution in [0.25, 0.3) is 10.6 Å². The van der Waals surface area contributed by atoms with Gasteiger partial charge in [0, 0.05) is 41.8 Å². The second kappa shape index (κ2) is 7.93. The summed E-state index contributed by atoms with van der Waals surface area (Å²) in [5, 5.41) is 14.4. The Labute approximate surface area is 180 Å². The molecule has 2 aromatic heterocycles. The number of hydrogen-bond acceptors (Lipinski definition) is 5. The van der Waals surface area contributed by atoms with Crippen LogP contribution in [0.3, 0.4) is 0 Å². The summed E-state index contributed by atoms with van der Waals surface area (Å²) < 4.78 is 0. The summed E-state index contributed by atoms with van der Waals surface area (Å²) in [6.07, 6.45) is 8.10. The summed E-state index contributed by atoms with van der Waals surface area (Å²) in [5.74, 6) is 0.0446. The maximum absolute atomic E-state index is 13.4. The predicted molar refractivity (Wildman–Crippen MR) is 117 cm³/mol. The van der Waals surface area contributed by atoms with E-state index in [1.165, 1.54) is 11.3 Å². The smallest absolute Gasteiger partial charge is 0.273 e. The summed E-state index contributed by atoms with van der Waals surface area (Å²) in [6, 6.07) is 13.9. The van der Waals surface area contributed by atoms with E-state index in [-0.39, 0.29) is 17.9 Å². The largest absolute Gasteiger partial charge is 0.385 e. The fourth-order valence-corrected chi connectivity index (χ4v) is 5.97. The molecule has 1 amide bonds. The van der Waals surface area contributed by atoms with Gasteiger partial charge in [0.1, 0.15) is 10.7 Å². The van der Waals surface area contributed by atoms with E-state index in [1.54, 1.807) is 12.4 Å². The van der Waals surface area contributed by atoms with Crippen LogP contribution in [0.4, 0.5) is 0 Å². The number of carbonyl (C=O) groups excluding carboxylic acids is 1. The number of hydrogen-bond donors (Lipinski definition) is 1. The van der Waals surface area contributed by atoms with Gasteiger partial charge in [-0.3, -0.25) is 9.78 Å². The number of amides is 1. The summed E-state index contributed by atoms with van der Waals surface area (Å²) in [5.41, 5.74) is 1.58. The number of nitrogens with zero attached hydrogens (tertiary/aromatic N) is 3.